The zero-order valence-electron chi connectivity index (χ0n) is 12.1. The van der Waals surface area contributed by atoms with E-state index < -0.39 is 11.3 Å². The molecule has 0 saturated heterocycles. The van der Waals surface area contributed by atoms with Crippen molar-refractivity contribution in [1.82, 2.24) is 9.55 Å². The number of para-hydroxylation sites is 2. The fourth-order valence-electron chi connectivity index (χ4n) is 4.14. The second-order valence-electron chi connectivity index (χ2n) is 6.09. The van der Waals surface area contributed by atoms with Crippen LogP contribution in [0, 0.1) is 28.1 Å². The minimum Gasteiger partial charge on any atom is -0.384 e. The van der Waals surface area contributed by atoms with E-state index in [1.807, 2.05) is 24.3 Å². The first kappa shape index (κ1) is 12.9. The van der Waals surface area contributed by atoms with Gasteiger partial charge in [0.2, 0.25) is 0 Å². The molecule has 0 bridgehead atoms. The molecule has 22 heavy (non-hydrogen) atoms. The van der Waals surface area contributed by atoms with Crippen LogP contribution in [-0.2, 0) is 0 Å². The first-order chi connectivity index (χ1) is 10.7. The minimum atomic E-state index is -0.453. The quantitative estimate of drug-likeness (QED) is 0.807. The number of nitrogens with zero attached hydrogens (tertiary/aromatic N) is 4. The molecule has 1 aromatic heterocycles. The van der Waals surface area contributed by atoms with Gasteiger partial charge in [0, 0.05) is 5.41 Å². The van der Waals surface area contributed by atoms with Crippen LogP contribution in [0.2, 0.25) is 0 Å². The van der Waals surface area contributed by atoms with Gasteiger partial charge < -0.3 is 5.73 Å². The zero-order chi connectivity index (χ0) is 15.3. The molecule has 1 atom stereocenters. The topological polar surface area (TPSA) is 91.4 Å². The maximum absolute atomic E-state index is 9.81. The van der Waals surface area contributed by atoms with Crippen LogP contribution in [-0.4, -0.2) is 9.55 Å². The van der Waals surface area contributed by atoms with Crippen LogP contribution in [0.4, 0.5) is 0 Å². The summed E-state index contributed by atoms with van der Waals surface area (Å²) in [6.45, 7) is 0. The van der Waals surface area contributed by atoms with Crippen molar-refractivity contribution in [3.05, 3.63) is 35.7 Å². The van der Waals surface area contributed by atoms with Gasteiger partial charge in [-0.15, -0.1) is 0 Å². The molecule has 2 aromatic rings. The molecule has 2 heterocycles. The molecule has 2 aliphatic rings. The number of rotatable bonds is 0. The predicted octanol–water partition coefficient (Wildman–Crippen LogP) is 2.87. The molecular formula is C17H15N5. The molecule has 1 spiro atoms. The van der Waals surface area contributed by atoms with Gasteiger partial charge >= 0.3 is 0 Å². The number of fused-ring (bicyclic) bond motifs is 3. The van der Waals surface area contributed by atoms with Crippen LogP contribution >= 0.6 is 0 Å². The molecule has 1 saturated carbocycles. The second kappa shape index (κ2) is 4.35. The van der Waals surface area contributed by atoms with Crippen LogP contribution in [0.3, 0.4) is 0 Å². The third-order valence-electron chi connectivity index (χ3n) is 5.13. The van der Waals surface area contributed by atoms with Crippen LogP contribution in [0.1, 0.15) is 37.4 Å². The van der Waals surface area contributed by atoms with Crippen molar-refractivity contribution < 1.29 is 0 Å². The molecule has 108 valence electrons. The summed E-state index contributed by atoms with van der Waals surface area (Å²) in [4.78, 5) is 4.66. The van der Waals surface area contributed by atoms with E-state index in [4.69, 9.17) is 5.73 Å². The molecule has 1 aliphatic carbocycles. The number of imidazole rings is 1. The Labute approximate surface area is 128 Å². The van der Waals surface area contributed by atoms with Gasteiger partial charge in [-0.25, -0.2) is 4.98 Å². The Hall–Kier alpha value is -2.79. The average molecular weight is 289 g/mol. The molecule has 1 aliphatic heterocycles. The lowest BCUT2D eigenvalue weighted by molar-refractivity contribution is 0.321. The summed E-state index contributed by atoms with van der Waals surface area (Å²) >= 11 is 0. The van der Waals surface area contributed by atoms with Gasteiger partial charge in [0.25, 0.3) is 0 Å². The van der Waals surface area contributed by atoms with Gasteiger partial charge in [0.05, 0.1) is 28.7 Å². The van der Waals surface area contributed by atoms with Gasteiger partial charge in [-0.2, -0.15) is 10.5 Å². The maximum Gasteiger partial charge on any atom is 0.133 e. The minimum absolute atomic E-state index is 0.413. The standard InChI is InChI=1S/C17H15N5/c18-9-11-15(20)22-14-6-2-1-5-13(14)21-16(22)12(10-19)17(11)7-3-4-8-17/h1-2,5-6,12H,3-4,7-8,20H2/t12-/m0/s1. The molecule has 0 amide bonds. The fraction of sp³-hybridized carbons (Fsp3) is 0.353. The molecule has 2 N–H and O–H groups in total. The summed E-state index contributed by atoms with van der Waals surface area (Å²) in [5.41, 5.74) is 8.13. The molecular weight excluding hydrogens is 274 g/mol. The van der Waals surface area contributed by atoms with Gasteiger partial charge in [0.15, 0.2) is 0 Å². The van der Waals surface area contributed by atoms with E-state index in [2.05, 4.69) is 17.1 Å². The lowest BCUT2D eigenvalue weighted by Gasteiger charge is -2.37. The van der Waals surface area contributed by atoms with E-state index in [1.54, 1.807) is 4.57 Å². The van der Waals surface area contributed by atoms with Crippen molar-refractivity contribution in [2.75, 3.05) is 0 Å². The van der Waals surface area contributed by atoms with Crippen LogP contribution in [0.25, 0.3) is 16.9 Å². The number of aromatic nitrogens is 2. The Kier molecular flexibility index (Phi) is 2.55. The Balaban J connectivity index is 2.11. The van der Waals surface area contributed by atoms with E-state index in [0.29, 0.717) is 17.2 Å². The molecule has 4 rings (SSSR count). The van der Waals surface area contributed by atoms with E-state index in [0.717, 1.165) is 36.7 Å². The third kappa shape index (κ3) is 1.38. The lowest BCUT2D eigenvalue weighted by atomic mass is 9.67. The smallest absolute Gasteiger partial charge is 0.133 e. The largest absolute Gasteiger partial charge is 0.384 e. The lowest BCUT2D eigenvalue weighted by Crippen LogP contribution is -2.36. The molecule has 1 fully saturated rings. The van der Waals surface area contributed by atoms with Gasteiger partial charge in [-0.3, -0.25) is 4.57 Å². The van der Waals surface area contributed by atoms with Crippen LogP contribution in [0.5, 0.6) is 0 Å². The summed E-state index contributed by atoms with van der Waals surface area (Å²) in [6.07, 6.45) is 3.71. The number of benzene rings is 1. The van der Waals surface area contributed by atoms with Crippen molar-refractivity contribution in [2.45, 2.75) is 31.6 Å². The molecule has 1 aromatic carbocycles. The van der Waals surface area contributed by atoms with Crippen molar-refractivity contribution in [1.29, 1.82) is 10.5 Å². The van der Waals surface area contributed by atoms with E-state index in [1.165, 1.54) is 0 Å². The SMILES string of the molecule is N#CC1=C(N)n2c(nc3ccccc32)[C@H](C#N)C12CCCC2. The van der Waals surface area contributed by atoms with E-state index >= 15 is 0 Å². The first-order valence-corrected chi connectivity index (χ1v) is 7.50. The Morgan fingerprint density at radius 1 is 1.23 bits per heavy atom. The monoisotopic (exact) mass is 289 g/mol. The number of nitriles is 2. The van der Waals surface area contributed by atoms with Crippen molar-refractivity contribution in [3.8, 4) is 12.1 Å². The number of allylic oxidation sites excluding steroid dienone is 1. The molecule has 0 unspecified atom stereocenters. The predicted molar refractivity (Wildman–Crippen MR) is 82.0 cm³/mol. The number of hydrogen-bond donors (Lipinski definition) is 1. The second-order valence-corrected chi connectivity index (χ2v) is 6.09. The van der Waals surface area contributed by atoms with Crippen LogP contribution < -0.4 is 5.73 Å². The van der Waals surface area contributed by atoms with Gasteiger partial charge in [-0.05, 0) is 25.0 Å². The summed E-state index contributed by atoms with van der Waals surface area (Å²) in [7, 11) is 0. The highest BCUT2D eigenvalue weighted by molar-refractivity contribution is 5.82. The number of nitrogens with two attached hydrogens (primary N) is 1. The molecule has 5 nitrogen and oxygen atoms in total. The Morgan fingerprint density at radius 2 is 1.95 bits per heavy atom. The fourth-order valence-corrected chi connectivity index (χ4v) is 4.14. The Morgan fingerprint density at radius 3 is 2.64 bits per heavy atom. The summed E-state index contributed by atoms with van der Waals surface area (Å²) in [6, 6.07) is 12.4. The van der Waals surface area contributed by atoms with Gasteiger partial charge in [0.1, 0.15) is 17.6 Å². The highest BCUT2D eigenvalue weighted by Crippen LogP contribution is 2.56. The Bertz CT molecular complexity index is 884. The molecule has 0 radical (unpaired) electrons. The normalized spacial score (nSPS) is 22.5. The zero-order valence-corrected chi connectivity index (χ0v) is 12.1. The maximum atomic E-state index is 9.81. The van der Waals surface area contributed by atoms with Gasteiger partial charge in [-0.1, -0.05) is 25.0 Å². The summed E-state index contributed by atoms with van der Waals surface area (Å²) in [5, 5.41) is 19.5. The van der Waals surface area contributed by atoms with E-state index in [9.17, 15) is 10.5 Å². The summed E-state index contributed by atoms with van der Waals surface area (Å²) in [5.74, 6) is 0.714. The van der Waals surface area contributed by atoms with E-state index in [-0.39, 0.29) is 0 Å². The summed E-state index contributed by atoms with van der Waals surface area (Å²) < 4.78 is 1.80. The van der Waals surface area contributed by atoms with Crippen molar-refractivity contribution in [2.24, 2.45) is 11.1 Å². The third-order valence-corrected chi connectivity index (χ3v) is 5.13. The first-order valence-electron chi connectivity index (χ1n) is 7.50. The highest BCUT2D eigenvalue weighted by Gasteiger charge is 2.51. The van der Waals surface area contributed by atoms with Crippen LogP contribution in [0.15, 0.2) is 29.8 Å². The number of hydrogen-bond acceptors (Lipinski definition) is 4. The molecule has 5 heteroatoms. The highest BCUT2D eigenvalue weighted by atomic mass is 15.2. The van der Waals surface area contributed by atoms with Crippen molar-refractivity contribution >= 4 is 16.9 Å². The average Bonchev–Trinajstić information content (AvgIpc) is 3.13. The van der Waals surface area contributed by atoms with Crippen molar-refractivity contribution in [3.63, 3.8) is 0 Å².